The van der Waals surface area contributed by atoms with Crippen molar-refractivity contribution in [2.75, 3.05) is 6.54 Å². The van der Waals surface area contributed by atoms with Crippen molar-refractivity contribution in [3.63, 3.8) is 0 Å². The zero-order valence-corrected chi connectivity index (χ0v) is 5.61. The molecule has 2 nitrogen and oxygen atoms in total. The Morgan fingerprint density at radius 1 is 1.42 bits per heavy atom. The second-order valence-electron chi connectivity index (χ2n) is 1.75. The summed E-state index contributed by atoms with van der Waals surface area (Å²) in [5.41, 5.74) is 0. The molecule has 0 fully saturated rings. The van der Waals surface area contributed by atoms with Crippen LogP contribution in [0.5, 0.6) is 0 Å². The zero-order valence-electron chi connectivity index (χ0n) is 5.61. The van der Waals surface area contributed by atoms with Crippen LogP contribution in [0.15, 0.2) is 0 Å². The fraction of sp³-hybridized carbons (Fsp3) is 0.700. The summed E-state index contributed by atoms with van der Waals surface area (Å²) in [6, 6.07) is 0. The fourth-order valence-corrected chi connectivity index (χ4v) is 0.430. The maximum absolute atomic E-state index is 10.3. The highest BCUT2D eigenvalue weighted by Gasteiger charge is 1.89. The minimum Gasteiger partial charge on any atom is -0.345 e. The van der Waals surface area contributed by atoms with Crippen LogP contribution in [0.2, 0.25) is 0 Å². The third-order valence-electron chi connectivity index (χ3n) is 0.947. The van der Waals surface area contributed by atoms with Gasteiger partial charge in [-0.3, -0.25) is 4.79 Å². The van der Waals surface area contributed by atoms with E-state index in [4.69, 9.17) is 6.42 Å². The number of nitrogens with one attached hydrogen (secondary N) is 1. The quantitative estimate of drug-likeness (QED) is 0.515. The molecule has 0 aromatic carbocycles. The monoisotopic (exact) mass is 173 g/mol. The zero-order chi connectivity index (χ0) is 7.11. The van der Waals surface area contributed by atoms with Crippen LogP contribution in [0.1, 0.15) is 42.0 Å². The lowest BCUT2D eigenvalue weighted by Gasteiger charge is -1.95. The Labute approximate surface area is 77.8 Å². The van der Waals surface area contributed by atoms with E-state index in [1.807, 2.05) is 5.92 Å². The summed E-state index contributed by atoms with van der Waals surface area (Å²) in [4.78, 5) is 10.3. The molecule has 0 aromatic rings. The van der Waals surface area contributed by atoms with Crippen molar-refractivity contribution in [3.05, 3.63) is 0 Å². The van der Waals surface area contributed by atoms with Gasteiger partial charge in [0, 0.05) is 6.54 Å². The maximum atomic E-state index is 10.3. The third kappa shape index (κ3) is 16.0. The number of carbonyl (C=O) groups is 1. The highest BCUT2D eigenvalue weighted by molar-refractivity contribution is 5.92. The summed E-state index contributed by atoms with van der Waals surface area (Å²) in [7, 11) is 0. The van der Waals surface area contributed by atoms with Crippen LogP contribution in [-0.4, -0.2) is 12.5 Å². The van der Waals surface area contributed by atoms with Gasteiger partial charge in [-0.1, -0.05) is 35.6 Å². The van der Waals surface area contributed by atoms with Gasteiger partial charge in [-0.15, -0.1) is 6.42 Å². The van der Waals surface area contributed by atoms with Gasteiger partial charge in [0.05, 0.1) is 0 Å². The predicted molar refractivity (Wildman–Crippen MR) is 56.9 cm³/mol. The Hall–Kier alpha value is -0.970. The number of unbranched alkanes of at least 4 members (excludes halogenated alkanes) is 1. The van der Waals surface area contributed by atoms with E-state index in [2.05, 4.69) is 12.2 Å². The smallest absolute Gasteiger partial charge is 0.295 e. The van der Waals surface area contributed by atoms with Crippen molar-refractivity contribution < 1.29 is 4.79 Å². The first-order valence-electron chi connectivity index (χ1n) is 3.05. The minimum atomic E-state index is -0.316. The van der Waals surface area contributed by atoms with Gasteiger partial charge in [-0.2, -0.15) is 0 Å². The molecule has 0 aliphatic carbocycles. The number of hydrogen-bond donors (Lipinski definition) is 1. The molecular formula is C10H23NO. The molecule has 0 rings (SSSR count). The number of amides is 1. The molecule has 0 radical (unpaired) electrons. The van der Waals surface area contributed by atoms with E-state index in [-0.39, 0.29) is 28.2 Å². The number of terminal acetylenes is 1. The summed E-state index contributed by atoms with van der Waals surface area (Å²) in [5.74, 6) is 1.66. The van der Waals surface area contributed by atoms with Crippen LogP contribution < -0.4 is 5.32 Å². The summed E-state index contributed by atoms with van der Waals surface area (Å²) in [6.07, 6.45) is 6.86. The van der Waals surface area contributed by atoms with Gasteiger partial charge >= 0.3 is 0 Å². The largest absolute Gasteiger partial charge is 0.345 e. The molecule has 0 unspecified atom stereocenters. The van der Waals surface area contributed by atoms with Crippen molar-refractivity contribution in [2.24, 2.45) is 0 Å². The van der Waals surface area contributed by atoms with E-state index < -0.39 is 0 Å². The summed E-state index contributed by atoms with van der Waals surface area (Å²) in [5, 5.41) is 2.56. The van der Waals surface area contributed by atoms with Crippen molar-refractivity contribution in [1.82, 2.24) is 5.32 Å². The fourth-order valence-electron chi connectivity index (χ4n) is 0.430. The molecule has 0 aromatic heterocycles. The molecule has 0 saturated carbocycles. The second-order valence-corrected chi connectivity index (χ2v) is 1.75. The summed E-state index contributed by atoms with van der Waals surface area (Å²) >= 11 is 0. The lowest BCUT2D eigenvalue weighted by atomic mass is 10.3. The summed E-state index contributed by atoms with van der Waals surface area (Å²) in [6.45, 7) is 2.75. The lowest BCUT2D eigenvalue weighted by Crippen LogP contribution is -2.21. The highest BCUT2D eigenvalue weighted by atomic mass is 16.1. The first-order valence-corrected chi connectivity index (χ1v) is 3.05. The van der Waals surface area contributed by atoms with E-state index in [0.717, 1.165) is 12.8 Å². The van der Waals surface area contributed by atoms with Crippen LogP contribution in [0, 0.1) is 12.3 Å². The standard InChI is InChI=1S/C7H11NO.3CH4/c1-3-5-6-8-7(9)4-2;;;/h2H,3,5-6H2,1H3,(H,8,9);3*1H4. The molecule has 12 heavy (non-hydrogen) atoms. The molecule has 0 saturated heterocycles. The van der Waals surface area contributed by atoms with Crippen molar-refractivity contribution in [1.29, 1.82) is 0 Å². The first kappa shape index (κ1) is 22.5. The average molecular weight is 173 g/mol. The normalized spacial score (nSPS) is 6.00. The summed E-state index contributed by atoms with van der Waals surface area (Å²) < 4.78 is 0. The van der Waals surface area contributed by atoms with Gasteiger partial charge in [0.2, 0.25) is 0 Å². The molecule has 1 amide bonds. The van der Waals surface area contributed by atoms with Gasteiger partial charge in [-0.25, -0.2) is 0 Å². The second kappa shape index (κ2) is 16.5. The van der Waals surface area contributed by atoms with Crippen LogP contribution in [-0.2, 0) is 4.79 Å². The maximum Gasteiger partial charge on any atom is 0.295 e. The van der Waals surface area contributed by atoms with E-state index in [0.29, 0.717) is 6.54 Å². The molecule has 0 atom stereocenters. The van der Waals surface area contributed by atoms with Crippen LogP contribution in [0.25, 0.3) is 0 Å². The first-order chi connectivity index (χ1) is 4.31. The molecule has 74 valence electrons. The van der Waals surface area contributed by atoms with Gasteiger partial charge < -0.3 is 5.32 Å². The van der Waals surface area contributed by atoms with Crippen LogP contribution >= 0.6 is 0 Å². The van der Waals surface area contributed by atoms with Crippen LogP contribution in [0.4, 0.5) is 0 Å². The number of rotatable bonds is 3. The van der Waals surface area contributed by atoms with Crippen molar-refractivity contribution in [3.8, 4) is 12.3 Å². The van der Waals surface area contributed by atoms with Gasteiger partial charge in [-0.05, 0) is 12.3 Å². The third-order valence-corrected chi connectivity index (χ3v) is 0.947. The van der Waals surface area contributed by atoms with E-state index >= 15 is 0 Å². The van der Waals surface area contributed by atoms with E-state index in [9.17, 15) is 4.79 Å². The molecule has 2 heteroatoms. The molecule has 1 N–H and O–H groups in total. The van der Waals surface area contributed by atoms with Gasteiger partial charge in [0.25, 0.3) is 5.91 Å². The van der Waals surface area contributed by atoms with Gasteiger partial charge in [0.1, 0.15) is 0 Å². The Morgan fingerprint density at radius 3 is 2.25 bits per heavy atom. The number of carbonyl (C=O) groups excluding carboxylic acids is 1. The van der Waals surface area contributed by atoms with Gasteiger partial charge in [0.15, 0.2) is 0 Å². The Morgan fingerprint density at radius 2 is 1.92 bits per heavy atom. The minimum absolute atomic E-state index is 0. The SMILES string of the molecule is C.C.C.C#CC(=O)NCCCC. The number of hydrogen-bond acceptors (Lipinski definition) is 1. The van der Waals surface area contributed by atoms with E-state index in [1.54, 1.807) is 0 Å². The molecule has 0 aliphatic rings. The highest BCUT2D eigenvalue weighted by Crippen LogP contribution is 1.81. The van der Waals surface area contributed by atoms with E-state index in [1.165, 1.54) is 0 Å². The lowest BCUT2D eigenvalue weighted by molar-refractivity contribution is -0.115. The van der Waals surface area contributed by atoms with Crippen molar-refractivity contribution >= 4 is 5.91 Å². The Balaban J connectivity index is -0.000000107. The molecule has 0 spiro atoms. The molecule has 0 bridgehead atoms. The van der Waals surface area contributed by atoms with Crippen LogP contribution in [0.3, 0.4) is 0 Å². The predicted octanol–water partition coefficient (Wildman–Crippen LogP) is 2.44. The topological polar surface area (TPSA) is 29.1 Å². The molecular weight excluding hydrogens is 150 g/mol. The average Bonchev–Trinajstić information content (AvgIpc) is 1.89. The van der Waals surface area contributed by atoms with Crippen molar-refractivity contribution in [2.45, 2.75) is 42.0 Å². The molecule has 0 heterocycles. The molecule has 0 aliphatic heterocycles. The Kier molecular flexibility index (Phi) is 31.0. The Bertz CT molecular complexity index is 124.